The largest absolute Gasteiger partial charge is 0.472 e. The number of hydrogen-bond acceptors (Lipinski definition) is 12. The molecule has 0 fully saturated rings. The van der Waals surface area contributed by atoms with E-state index < -0.39 is 78.4 Å². The Morgan fingerprint density at radius 1 is 0.586 bits per heavy atom. The maximum atomic E-state index is 12.7. The first-order valence-corrected chi connectivity index (χ1v) is 24.2. The van der Waals surface area contributed by atoms with Gasteiger partial charge in [-0.05, 0) is 57.3 Å². The van der Waals surface area contributed by atoms with Gasteiger partial charge in [0.2, 0.25) is 0 Å². The Labute approximate surface area is 347 Å². The topological polar surface area (TPSA) is 236 Å². The molecule has 15 nitrogen and oxygen atoms in total. The Morgan fingerprint density at radius 3 is 1.76 bits per heavy atom. The average Bonchev–Trinajstić information content (AvgIpc) is 3.16. The molecule has 0 saturated heterocycles. The van der Waals surface area contributed by atoms with E-state index in [1.165, 1.54) is 51.4 Å². The summed E-state index contributed by atoms with van der Waals surface area (Å²) >= 11 is 0. The molecule has 0 bridgehead atoms. The third kappa shape index (κ3) is 38.5. The summed E-state index contributed by atoms with van der Waals surface area (Å²) in [6, 6.07) is 0. The summed E-state index contributed by atoms with van der Waals surface area (Å²) in [6.45, 7) is 3.66. The number of hydrogen-bond donors (Lipinski definition) is 6. The van der Waals surface area contributed by atoms with Crippen molar-refractivity contribution < 1.29 is 71.8 Å². The molecule has 0 aromatic heterocycles. The Hall–Kier alpha value is -1.74. The normalized spacial score (nSPS) is 15.6. The van der Waals surface area contributed by atoms with Gasteiger partial charge in [-0.2, -0.15) is 0 Å². The van der Waals surface area contributed by atoms with Crippen LogP contribution in [-0.2, 0) is 41.8 Å². The van der Waals surface area contributed by atoms with E-state index in [1.807, 2.05) is 12.2 Å². The molecule has 0 aromatic carbocycles. The maximum absolute atomic E-state index is 12.7. The molecule has 58 heavy (non-hydrogen) atoms. The smallest absolute Gasteiger partial charge is 0.462 e. The van der Waals surface area contributed by atoms with Gasteiger partial charge in [-0.25, -0.2) is 9.13 Å². The van der Waals surface area contributed by atoms with Gasteiger partial charge in [-0.15, -0.1) is 0 Å². The van der Waals surface area contributed by atoms with Crippen LogP contribution in [0.2, 0.25) is 0 Å². The molecule has 6 N–H and O–H groups in total. The third-order valence-corrected chi connectivity index (χ3v) is 10.3. The monoisotopic (exact) mass is 870 g/mol. The molecule has 0 spiro atoms. The minimum absolute atomic E-state index is 0.0940. The molecule has 17 heteroatoms. The molecular formula is C41H76O15P2. The van der Waals surface area contributed by atoms with Gasteiger partial charge >= 0.3 is 27.6 Å². The number of carbonyl (C=O) groups is 2. The fraction of sp³-hybridized carbons (Fsp3) is 0.805. The molecule has 340 valence electrons. The third-order valence-electron chi connectivity index (χ3n) is 8.90. The van der Waals surface area contributed by atoms with Crippen molar-refractivity contribution in [3.8, 4) is 0 Å². The predicted molar refractivity (Wildman–Crippen MR) is 223 cm³/mol. The first-order chi connectivity index (χ1) is 27.5. The lowest BCUT2D eigenvalue weighted by atomic mass is 10.0. The Balaban J connectivity index is 4.79. The lowest BCUT2D eigenvalue weighted by Crippen LogP contribution is -2.30. The van der Waals surface area contributed by atoms with Gasteiger partial charge in [0, 0.05) is 12.8 Å². The van der Waals surface area contributed by atoms with Crippen molar-refractivity contribution in [3.05, 3.63) is 36.5 Å². The molecule has 0 aliphatic heterocycles. The minimum Gasteiger partial charge on any atom is -0.462 e. The van der Waals surface area contributed by atoms with Crippen molar-refractivity contribution in [2.45, 2.75) is 180 Å². The fourth-order valence-electron chi connectivity index (χ4n) is 5.52. The van der Waals surface area contributed by atoms with Crippen LogP contribution in [0.15, 0.2) is 36.5 Å². The van der Waals surface area contributed by atoms with E-state index in [1.54, 1.807) is 6.08 Å². The Kier molecular flexibility index (Phi) is 34.9. The SMILES string of the molecule is CCCCC/C=C\C/C=C\C/C=C\CC(O)C(O)CCCC(=O)O[C@H](COC(=O)CCCCCCCCCCCC(C)C)COP(=O)(O)OC[C@@H](O)COP(=O)(O)O. The molecule has 5 atom stereocenters. The second kappa shape index (κ2) is 36.0. The zero-order valence-electron chi connectivity index (χ0n) is 35.3. The molecule has 0 aromatic rings. The molecule has 3 unspecified atom stereocenters. The Bertz CT molecular complexity index is 1220. The maximum Gasteiger partial charge on any atom is 0.472 e. The highest BCUT2D eigenvalue weighted by molar-refractivity contribution is 7.47. The number of aliphatic hydroxyl groups is 3. The van der Waals surface area contributed by atoms with Gasteiger partial charge in [-0.3, -0.25) is 23.2 Å². The summed E-state index contributed by atoms with van der Waals surface area (Å²) in [4.78, 5) is 52.6. The van der Waals surface area contributed by atoms with E-state index in [-0.39, 0.29) is 32.1 Å². The van der Waals surface area contributed by atoms with E-state index in [0.29, 0.717) is 12.8 Å². The number of carbonyl (C=O) groups excluding carboxylic acids is 2. The van der Waals surface area contributed by atoms with Gasteiger partial charge in [0.25, 0.3) is 0 Å². The fourth-order valence-corrected chi connectivity index (χ4v) is 6.67. The summed E-state index contributed by atoms with van der Waals surface area (Å²) in [7, 11) is -9.78. The van der Waals surface area contributed by atoms with Crippen LogP contribution in [0.25, 0.3) is 0 Å². The highest BCUT2D eigenvalue weighted by Crippen LogP contribution is 2.43. The van der Waals surface area contributed by atoms with Crippen LogP contribution < -0.4 is 0 Å². The highest BCUT2D eigenvalue weighted by atomic mass is 31.2. The van der Waals surface area contributed by atoms with Crippen LogP contribution in [0.5, 0.6) is 0 Å². The van der Waals surface area contributed by atoms with E-state index in [2.05, 4.69) is 48.0 Å². The standard InChI is InChI=1S/C41H76O15P2/c1-4-5-6-7-8-9-10-11-14-17-20-23-27-38(43)39(44)28-25-30-41(46)56-37(34-55-58(50,51)54-32-36(42)31-53-57(47,48)49)33-52-40(45)29-24-21-18-15-12-13-16-19-22-26-35(2)3/h8-9,11,14,20,23,35-39,42-44H,4-7,10,12-13,15-19,21-22,24-34H2,1-3H3,(H,50,51)(H2,47,48,49)/b9-8-,14-11-,23-20-/t36-,37+,38?,39?/m0/s1. The van der Waals surface area contributed by atoms with Crippen molar-refractivity contribution in [1.82, 2.24) is 0 Å². The van der Waals surface area contributed by atoms with Crippen LogP contribution in [0.1, 0.15) is 156 Å². The van der Waals surface area contributed by atoms with Gasteiger partial charge in [0.15, 0.2) is 6.10 Å². The minimum atomic E-state index is -4.89. The number of esters is 2. The van der Waals surface area contributed by atoms with Crippen molar-refractivity contribution in [2.75, 3.05) is 26.4 Å². The van der Waals surface area contributed by atoms with E-state index in [0.717, 1.165) is 44.4 Å². The van der Waals surface area contributed by atoms with Gasteiger partial charge < -0.3 is 39.5 Å². The summed E-state index contributed by atoms with van der Waals surface area (Å²) in [5.74, 6) is -0.575. The highest BCUT2D eigenvalue weighted by Gasteiger charge is 2.28. The first kappa shape index (κ1) is 56.3. The number of phosphoric ester groups is 2. The van der Waals surface area contributed by atoms with Crippen LogP contribution in [-0.4, -0.2) is 92.8 Å². The molecule has 0 heterocycles. The second-order valence-electron chi connectivity index (χ2n) is 15.1. The van der Waals surface area contributed by atoms with Crippen molar-refractivity contribution in [2.24, 2.45) is 5.92 Å². The second-order valence-corrected chi connectivity index (χ2v) is 17.7. The van der Waals surface area contributed by atoms with Gasteiger partial charge in [-0.1, -0.05) is 128 Å². The number of allylic oxidation sites excluding steroid dienone is 5. The average molecular weight is 871 g/mol. The Morgan fingerprint density at radius 2 is 1.14 bits per heavy atom. The van der Waals surface area contributed by atoms with Crippen LogP contribution in [0, 0.1) is 5.92 Å². The first-order valence-electron chi connectivity index (χ1n) is 21.2. The van der Waals surface area contributed by atoms with Crippen LogP contribution >= 0.6 is 15.6 Å². The van der Waals surface area contributed by atoms with Crippen LogP contribution in [0.3, 0.4) is 0 Å². The molecule has 0 aliphatic rings. The van der Waals surface area contributed by atoms with Crippen molar-refractivity contribution in [1.29, 1.82) is 0 Å². The quantitative estimate of drug-likeness (QED) is 0.0147. The number of phosphoric acid groups is 2. The van der Waals surface area contributed by atoms with E-state index in [4.69, 9.17) is 23.8 Å². The summed E-state index contributed by atoms with van der Waals surface area (Å²) in [5, 5.41) is 30.5. The molecule has 0 amide bonds. The van der Waals surface area contributed by atoms with Crippen molar-refractivity contribution >= 4 is 27.6 Å². The van der Waals surface area contributed by atoms with Crippen molar-refractivity contribution in [3.63, 3.8) is 0 Å². The number of rotatable bonds is 39. The lowest BCUT2D eigenvalue weighted by Gasteiger charge is -2.21. The number of aliphatic hydroxyl groups excluding tert-OH is 3. The van der Waals surface area contributed by atoms with E-state index in [9.17, 15) is 38.9 Å². The summed E-state index contributed by atoms with van der Waals surface area (Å²) in [6.07, 6.45) is 24.7. The summed E-state index contributed by atoms with van der Waals surface area (Å²) < 4.78 is 47.5. The zero-order valence-corrected chi connectivity index (χ0v) is 37.1. The van der Waals surface area contributed by atoms with Gasteiger partial charge in [0.1, 0.15) is 12.7 Å². The predicted octanol–water partition coefficient (Wildman–Crippen LogP) is 8.30. The number of ether oxygens (including phenoxy) is 2. The zero-order chi connectivity index (χ0) is 43.5. The molecular weight excluding hydrogens is 794 g/mol. The molecule has 0 rings (SSSR count). The van der Waals surface area contributed by atoms with E-state index >= 15 is 0 Å². The molecule has 0 saturated carbocycles. The number of unbranched alkanes of at least 4 members (excludes halogenated alkanes) is 11. The van der Waals surface area contributed by atoms with Crippen LogP contribution in [0.4, 0.5) is 0 Å². The molecule has 0 radical (unpaired) electrons. The molecule has 0 aliphatic carbocycles. The summed E-state index contributed by atoms with van der Waals surface area (Å²) in [5.41, 5.74) is 0. The lowest BCUT2D eigenvalue weighted by molar-refractivity contribution is -0.161. The van der Waals surface area contributed by atoms with Gasteiger partial charge in [0.05, 0.1) is 32.0 Å².